The molecule has 0 saturated heterocycles. The van der Waals surface area contributed by atoms with Gasteiger partial charge in [0.05, 0.1) is 12.8 Å². The maximum atomic E-state index is 10.6. The zero-order valence-corrected chi connectivity index (χ0v) is 26.7. The van der Waals surface area contributed by atoms with Gasteiger partial charge in [-0.1, -0.05) is 91.0 Å². The van der Waals surface area contributed by atoms with Gasteiger partial charge in [0.15, 0.2) is 5.69 Å². The Balaban J connectivity index is 1.62. The molecule has 0 saturated carbocycles. The Morgan fingerprint density at radius 2 is 1.46 bits per heavy atom. The number of nitriles is 1. The van der Waals surface area contributed by atoms with Crippen LogP contribution in [-0.4, -0.2) is 22.6 Å². The molecule has 0 radical (unpaired) electrons. The van der Waals surface area contributed by atoms with Crippen LogP contribution in [0.3, 0.4) is 0 Å². The summed E-state index contributed by atoms with van der Waals surface area (Å²) in [5.41, 5.74) is 7.09. The van der Waals surface area contributed by atoms with Crippen molar-refractivity contribution in [2.24, 2.45) is 0 Å². The normalized spacial score (nSPS) is 11.2. The molecule has 6 heteroatoms. The highest BCUT2D eigenvalue weighted by Crippen LogP contribution is 2.42. The number of methoxy groups -OCH3 is 1. The third-order valence-electron chi connectivity index (χ3n) is 7.80. The second-order valence-corrected chi connectivity index (χ2v) is 12.4. The number of rotatable bonds is 9. The Labute approximate surface area is 271 Å². The number of anilines is 2. The van der Waals surface area contributed by atoms with Gasteiger partial charge in [-0.25, -0.2) is 4.98 Å². The minimum atomic E-state index is -0.150. The largest absolute Gasteiger partial charge is 0.497 e. The van der Waals surface area contributed by atoms with E-state index in [1.54, 1.807) is 7.11 Å². The standard InChI is InChI=1S/C40H37N5O/c1-40(2,3)44-32-22-31(24-42-25-32)37-35-17-11-16-34(30-14-9-6-10-15-30)38(35)39(43-36(37)23-41)45(26-28-12-7-5-8-13-28)27-29-18-20-33(46-4)21-19-29/h5-22,24-25,44H,26-27H2,1-4H3. The lowest BCUT2D eigenvalue weighted by Crippen LogP contribution is -2.26. The fraction of sp³-hybridized carbons (Fsp3) is 0.175. The molecule has 0 fully saturated rings. The summed E-state index contributed by atoms with van der Waals surface area (Å²) >= 11 is 0. The van der Waals surface area contributed by atoms with Crippen LogP contribution in [0.5, 0.6) is 5.75 Å². The summed E-state index contributed by atoms with van der Waals surface area (Å²) in [7, 11) is 1.67. The average Bonchev–Trinajstić information content (AvgIpc) is 3.07. The van der Waals surface area contributed by atoms with E-state index in [0.717, 1.165) is 61.4 Å². The van der Waals surface area contributed by atoms with E-state index in [9.17, 15) is 5.26 Å². The van der Waals surface area contributed by atoms with Crippen LogP contribution in [0.1, 0.15) is 37.6 Å². The number of fused-ring (bicyclic) bond motifs is 1. The first-order valence-corrected chi connectivity index (χ1v) is 15.4. The van der Waals surface area contributed by atoms with Gasteiger partial charge in [-0.3, -0.25) is 4.98 Å². The molecule has 228 valence electrons. The highest BCUT2D eigenvalue weighted by Gasteiger charge is 2.23. The second kappa shape index (κ2) is 13.1. The summed E-state index contributed by atoms with van der Waals surface area (Å²) in [5.74, 6) is 1.56. The van der Waals surface area contributed by atoms with Crippen molar-refractivity contribution in [2.75, 3.05) is 17.3 Å². The molecule has 0 aliphatic heterocycles. The number of pyridine rings is 2. The van der Waals surface area contributed by atoms with Gasteiger partial charge in [-0.05, 0) is 66.6 Å². The van der Waals surface area contributed by atoms with Crippen molar-refractivity contribution in [3.63, 3.8) is 0 Å². The molecule has 0 aliphatic rings. The number of benzene rings is 4. The zero-order valence-electron chi connectivity index (χ0n) is 26.7. The van der Waals surface area contributed by atoms with E-state index in [4.69, 9.17) is 9.72 Å². The van der Waals surface area contributed by atoms with Gasteiger partial charge < -0.3 is 15.0 Å². The zero-order chi connectivity index (χ0) is 32.1. The number of hydrogen-bond donors (Lipinski definition) is 1. The van der Waals surface area contributed by atoms with E-state index in [-0.39, 0.29) is 5.54 Å². The Kier molecular flexibility index (Phi) is 8.67. The van der Waals surface area contributed by atoms with Crippen LogP contribution in [0.2, 0.25) is 0 Å². The van der Waals surface area contributed by atoms with Gasteiger partial charge in [0.2, 0.25) is 0 Å². The van der Waals surface area contributed by atoms with Crippen LogP contribution < -0.4 is 15.0 Å². The van der Waals surface area contributed by atoms with E-state index in [2.05, 4.69) is 127 Å². The van der Waals surface area contributed by atoms with Crippen molar-refractivity contribution in [3.8, 4) is 34.1 Å². The number of aromatic nitrogens is 2. The molecular weight excluding hydrogens is 566 g/mol. The molecular formula is C40H37N5O. The summed E-state index contributed by atoms with van der Waals surface area (Å²) in [6, 6.07) is 39.7. The van der Waals surface area contributed by atoms with Crippen molar-refractivity contribution in [3.05, 3.63) is 138 Å². The molecule has 4 aromatic carbocycles. The van der Waals surface area contributed by atoms with E-state index >= 15 is 0 Å². The van der Waals surface area contributed by atoms with E-state index < -0.39 is 0 Å². The van der Waals surface area contributed by atoms with Crippen LogP contribution in [0.25, 0.3) is 33.0 Å². The highest BCUT2D eigenvalue weighted by atomic mass is 16.5. The van der Waals surface area contributed by atoms with E-state index in [0.29, 0.717) is 18.8 Å². The summed E-state index contributed by atoms with van der Waals surface area (Å²) in [5, 5.41) is 16.1. The van der Waals surface area contributed by atoms with Gasteiger partial charge in [0.1, 0.15) is 17.6 Å². The fourth-order valence-electron chi connectivity index (χ4n) is 5.85. The van der Waals surface area contributed by atoms with Crippen LogP contribution in [-0.2, 0) is 13.1 Å². The minimum Gasteiger partial charge on any atom is -0.497 e. The molecule has 2 aromatic heterocycles. The smallest absolute Gasteiger partial charge is 0.151 e. The molecule has 0 unspecified atom stereocenters. The molecule has 0 amide bonds. The Morgan fingerprint density at radius 3 is 2.11 bits per heavy atom. The molecule has 0 bridgehead atoms. The number of ether oxygens (including phenoxy) is 1. The molecule has 2 heterocycles. The lowest BCUT2D eigenvalue weighted by molar-refractivity contribution is 0.414. The predicted octanol–water partition coefficient (Wildman–Crippen LogP) is 9.26. The maximum absolute atomic E-state index is 10.6. The number of nitrogens with zero attached hydrogens (tertiary/aromatic N) is 4. The molecule has 0 atom stereocenters. The fourth-order valence-corrected chi connectivity index (χ4v) is 5.85. The minimum absolute atomic E-state index is 0.150. The Bertz CT molecular complexity index is 1990. The second-order valence-electron chi connectivity index (χ2n) is 12.4. The van der Waals surface area contributed by atoms with Crippen molar-refractivity contribution in [1.29, 1.82) is 5.26 Å². The topological polar surface area (TPSA) is 74.1 Å². The average molecular weight is 604 g/mol. The maximum Gasteiger partial charge on any atom is 0.151 e. The van der Waals surface area contributed by atoms with Gasteiger partial charge in [-0.15, -0.1) is 0 Å². The quantitative estimate of drug-likeness (QED) is 0.178. The monoisotopic (exact) mass is 603 g/mol. The van der Waals surface area contributed by atoms with Crippen molar-refractivity contribution >= 4 is 22.3 Å². The molecule has 6 rings (SSSR count). The van der Waals surface area contributed by atoms with E-state index in [1.165, 1.54) is 0 Å². The van der Waals surface area contributed by atoms with Crippen LogP contribution >= 0.6 is 0 Å². The predicted molar refractivity (Wildman–Crippen MR) is 188 cm³/mol. The number of hydrogen-bond acceptors (Lipinski definition) is 6. The van der Waals surface area contributed by atoms with Gasteiger partial charge in [0.25, 0.3) is 0 Å². The summed E-state index contributed by atoms with van der Waals surface area (Å²) in [4.78, 5) is 12.0. The van der Waals surface area contributed by atoms with Crippen LogP contribution in [0.4, 0.5) is 11.5 Å². The van der Waals surface area contributed by atoms with Gasteiger partial charge >= 0.3 is 0 Å². The third kappa shape index (κ3) is 6.69. The lowest BCUT2D eigenvalue weighted by Gasteiger charge is -2.28. The van der Waals surface area contributed by atoms with Gasteiger partial charge in [0, 0.05) is 47.5 Å². The molecule has 46 heavy (non-hydrogen) atoms. The first kappa shape index (κ1) is 30.4. The summed E-state index contributed by atoms with van der Waals surface area (Å²) in [6.45, 7) is 7.53. The third-order valence-corrected chi connectivity index (χ3v) is 7.80. The molecule has 6 aromatic rings. The van der Waals surface area contributed by atoms with Crippen molar-refractivity contribution < 1.29 is 4.74 Å². The SMILES string of the molecule is COc1ccc(CN(Cc2ccccc2)c2nc(C#N)c(-c3cncc(NC(C)(C)C)c3)c3cccc(-c4ccccc4)c23)cc1. The first-order valence-electron chi connectivity index (χ1n) is 15.4. The van der Waals surface area contributed by atoms with E-state index in [1.807, 2.05) is 36.7 Å². The van der Waals surface area contributed by atoms with Crippen molar-refractivity contribution in [2.45, 2.75) is 39.4 Å². The summed E-state index contributed by atoms with van der Waals surface area (Å²) in [6.07, 6.45) is 3.63. The first-order chi connectivity index (χ1) is 22.3. The Hall–Kier alpha value is -5.67. The van der Waals surface area contributed by atoms with Crippen LogP contribution in [0, 0.1) is 11.3 Å². The molecule has 1 N–H and O–H groups in total. The van der Waals surface area contributed by atoms with Crippen LogP contribution in [0.15, 0.2) is 122 Å². The van der Waals surface area contributed by atoms with Crippen molar-refractivity contribution in [1.82, 2.24) is 9.97 Å². The number of nitrogens with one attached hydrogen (secondary N) is 1. The summed E-state index contributed by atoms with van der Waals surface area (Å²) < 4.78 is 5.43. The highest BCUT2D eigenvalue weighted by molar-refractivity contribution is 6.11. The molecule has 0 spiro atoms. The Morgan fingerprint density at radius 1 is 0.783 bits per heavy atom. The molecule has 0 aliphatic carbocycles. The lowest BCUT2D eigenvalue weighted by atomic mass is 9.92. The van der Waals surface area contributed by atoms with Gasteiger partial charge in [-0.2, -0.15) is 5.26 Å². The molecule has 6 nitrogen and oxygen atoms in total.